The third-order valence-electron chi connectivity index (χ3n) is 3.33. The average molecular weight is 313 g/mol. The molecule has 0 atom stereocenters. The van der Waals surface area contributed by atoms with Crippen molar-refractivity contribution in [2.24, 2.45) is 0 Å². The number of nitrogens with two attached hydrogens (primary N) is 1. The summed E-state index contributed by atoms with van der Waals surface area (Å²) in [5, 5.41) is 9.78. The van der Waals surface area contributed by atoms with Crippen molar-refractivity contribution >= 4 is 28.9 Å². The van der Waals surface area contributed by atoms with Crippen molar-refractivity contribution in [2.75, 3.05) is 23.7 Å². The van der Waals surface area contributed by atoms with Crippen LogP contribution in [-0.4, -0.2) is 35.4 Å². The fourth-order valence-electron chi connectivity index (χ4n) is 3.05. The molecule has 0 aliphatic carbocycles. The van der Waals surface area contributed by atoms with Gasteiger partial charge in [0.25, 0.3) is 0 Å². The molecule has 0 spiro atoms. The van der Waals surface area contributed by atoms with E-state index in [1.807, 2.05) is 32.6 Å². The van der Waals surface area contributed by atoms with E-state index in [4.69, 9.17) is 22.1 Å². The molecule has 6 heteroatoms. The van der Waals surface area contributed by atoms with Crippen LogP contribution in [0.2, 0.25) is 5.02 Å². The SMILES string of the molecule is CC1(C)CN(c2c(Cl)cc(N)cc2C(=O)O)CC(C)(C)O1. The van der Waals surface area contributed by atoms with Gasteiger partial charge in [-0.25, -0.2) is 4.79 Å². The zero-order valence-electron chi connectivity index (χ0n) is 12.7. The van der Waals surface area contributed by atoms with Gasteiger partial charge < -0.3 is 20.5 Å². The van der Waals surface area contributed by atoms with Crippen LogP contribution in [0.5, 0.6) is 0 Å². The summed E-state index contributed by atoms with van der Waals surface area (Å²) in [6.45, 7) is 9.03. The van der Waals surface area contributed by atoms with E-state index in [2.05, 4.69) is 0 Å². The minimum absolute atomic E-state index is 0.119. The summed E-state index contributed by atoms with van der Waals surface area (Å²) in [5.41, 5.74) is 5.87. The van der Waals surface area contributed by atoms with Gasteiger partial charge in [0, 0.05) is 18.8 Å². The van der Waals surface area contributed by atoms with Crippen molar-refractivity contribution < 1.29 is 14.6 Å². The molecule has 1 aliphatic heterocycles. The monoisotopic (exact) mass is 312 g/mol. The molecule has 1 fully saturated rings. The van der Waals surface area contributed by atoms with Gasteiger partial charge in [0.1, 0.15) is 0 Å². The van der Waals surface area contributed by atoms with Crippen molar-refractivity contribution in [2.45, 2.75) is 38.9 Å². The molecule has 0 radical (unpaired) electrons. The molecule has 1 heterocycles. The zero-order chi connectivity index (χ0) is 16.0. The normalized spacial score (nSPS) is 20.3. The van der Waals surface area contributed by atoms with E-state index in [1.165, 1.54) is 6.07 Å². The minimum atomic E-state index is -1.04. The molecule has 2 rings (SSSR count). The maximum absolute atomic E-state index is 11.5. The predicted octanol–water partition coefficient (Wildman–Crippen LogP) is 3.01. The van der Waals surface area contributed by atoms with Crippen LogP contribution in [0.3, 0.4) is 0 Å². The lowest BCUT2D eigenvalue weighted by atomic mass is 9.97. The average Bonchev–Trinajstić information content (AvgIpc) is 2.22. The fraction of sp³-hybridized carbons (Fsp3) is 0.533. The number of nitrogen functional groups attached to an aromatic ring is 1. The van der Waals surface area contributed by atoms with Crippen LogP contribution in [0.25, 0.3) is 0 Å². The van der Waals surface area contributed by atoms with Crippen LogP contribution in [0.15, 0.2) is 12.1 Å². The van der Waals surface area contributed by atoms with Crippen LogP contribution in [0, 0.1) is 0 Å². The van der Waals surface area contributed by atoms with Crippen LogP contribution in [-0.2, 0) is 4.74 Å². The number of anilines is 2. The van der Waals surface area contributed by atoms with Crippen molar-refractivity contribution in [1.82, 2.24) is 0 Å². The number of hydrogen-bond acceptors (Lipinski definition) is 4. The largest absolute Gasteiger partial charge is 0.478 e. The number of halogens is 1. The molecule has 21 heavy (non-hydrogen) atoms. The molecule has 1 aliphatic rings. The Morgan fingerprint density at radius 2 is 1.81 bits per heavy atom. The van der Waals surface area contributed by atoms with Gasteiger partial charge in [-0.2, -0.15) is 0 Å². The Bertz CT molecular complexity index is 569. The van der Waals surface area contributed by atoms with Crippen molar-refractivity contribution in [3.05, 3.63) is 22.7 Å². The van der Waals surface area contributed by atoms with E-state index < -0.39 is 17.2 Å². The molecular formula is C15H21ClN2O3. The number of hydrogen-bond donors (Lipinski definition) is 2. The van der Waals surface area contributed by atoms with Gasteiger partial charge in [0.15, 0.2) is 0 Å². The van der Waals surface area contributed by atoms with Crippen molar-refractivity contribution in [3.63, 3.8) is 0 Å². The second-order valence-electron chi connectivity index (χ2n) is 6.68. The number of benzene rings is 1. The van der Waals surface area contributed by atoms with Crippen LogP contribution in [0.4, 0.5) is 11.4 Å². The van der Waals surface area contributed by atoms with E-state index in [1.54, 1.807) is 6.07 Å². The predicted molar refractivity (Wildman–Crippen MR) is 84.3 cm³/mol. The maximum atomic E-state index is 11.5. The number of nitrogens with zero attached hydrogens (tertiary/aromatic N) is 1. The number of carboxylic acids is 1. The van der Waals surface area contributed by atoms with Gasteiger partial charge in [-0.05, 0) is 39.8 Å². The van der Waals surface area contributed by atoms with Gasteiger partial charge in [-0.15, -0.1) is 0 Å². The number of ether oxygens (including phenoxy) is 1. The Balaban J connectivity index is 2.53. The van der Waals surface area contributed by atoms with Crippen molar-refractivity contribution in [1.29, 1.82) is 0 Å². The van der Waals surface area contributed by atoms with Gasteiger partial charge in [-0.1, -0.05) is 11.6 Å². The molecule has 1 aromatic rings. The van der Waals surface area contributed by atoms with Crippen LogP contribution in [0.1, 0.15) is 38.1 Å². The lowest BCUT2D eigenvalue weighted by Crippen LogP contribution is -2.57. The first-order valence-corrected chi connectivity index (χ1v) is 7.16. The Morgan fingerprint density at radius 3 is 2.29 bits per heavy atom. The first-order valence-electron chi connectivity index (χ1n) is 6.78. The summed E-state index contributed by atoms with van der Waals surface area (Å²) in [7, 11) is 0. The zero-order valence-corrected chi connectivity index (χ0v) is 13.5. The molecule has 0 amide bonds. The first-order chi connectivity index (χ1) is 9.51. The first kappa shape index (κ1) is 15.9. The Morgan fingerprint density at radius 1 is 1.29 bits per heavy atom. The molecule has 0 bridgehead atoms. The third-order valence-corrected chi connectivity index (χ3v) is 3.62. The smallest absolute Gasteiger partial charge is 0.337 e. The summed E-state index contributed by atoms with van der Waals surface area (Å²) in [4.78, 5) is 13.5. The van der Waals surface area contributed by atoms with E-state index in [-0.39, 0.29) is 5.56 Å². The highest BCUT2D eigenvalue weighted by molar-refractivity contribution is 6.34. The second kappa shape index (κ2) is 5.07. The molecule has 1 saturated heterocycles. The van der Waals surface area contributed by atoms with Crippen molar-refractivity contribution in [3.8, 4) is 0 Å². The Labute approximate surface area is 129 Å². The summed E-state index contributed by atoms with van der Waals surface area (Å²) >= 11 is 6.27. The molecule has 1 aromatic carbocycles. The molecule has 3 N–H and O–H groups in total. The lowest BCUT2D eigenvalue weighted by Gasteiger charge is -2.48. The molecule has 0 saturated carbocycles. The third kappa shape index (κ3) is 3.41. The molecule has 116 valence electrons. The summed E-state index contributed by atoms with van der Waals surface area (Å²) in [6, 6.07) is 3.03. The number of rotatable bonds is 2. The van der Waals surface area contributed by atoms with Gasteiger partial charge in [0.2, 0.25) is 0 Å². The highest BCUT2D eigenvalue weighted by Crippen LogP contribution is 2.38. The number of carbonyl (C=O) groups is 1. The highest BCUT2D eigenvalue weighted by atomic mass is 35.5. The fourth-order valence-corrected chi connectivity index (χ4v) is 3.40. The van der Waals surface area contributed by atoms with Gasteiger partial charge in [0.05, 0.1) is 27.5 Å². The van der Waals surface area contributed by atoms with E-state index in [0.29, 0.717) is 29.5 Å². The summed E-state index contributed by atoms with van der Waals surface area (Å²) in [5.74, 6) is -1.04. The van der Waals surface area contributed by atoms with Crippen LogP contribution >= 0.6 is 11.6 Å². The van der Waals surface area contributed by atoms with E-state index >= 15 is 0 Å². The maximum Gasteiger partial charge on any atom is 0.337 e. The van der Waals surface area contributed by atoms with Gasteiger partial charge >= 0.3 is 5.97 Å². The number of morpholine rings is 1. The summed E-state index contributed by atoms with van der Waals surface area (Å²) < 4.78 is 6.02. The topological polar surface area (TPSA) is 75.8 Å². The Kier molecular flexibility index (Phi) is 3.84. The van der Waals surface area contributed by atoms with E-state index in [0.717, 1.165) is 0 Å². The minimum Gasteiger partial charge on any atom is -0.478 e. The van der Waals surface area contributed by atoms with E-state index in [9.17, 15) is 9.90 Å². The molecule has 5 nitrogen and oxygen atoms in total. The molecular weight excluding hydrogens is 292 g/mol. The number of aromatic carboxylic acids is 1. The molecule has 0 aromatic heterocycles. The highest BCUT2D eigenvalue weighted by Gasteiger charge is 2.39. The number of carboxylic acid groups (broad SMARTS) is 1. The quantitative estimate of drug-likeness (QED) is 0.821. The second-order valence-corrected chi connectivity index (χ2v) is 7.09. The summed E-state index contributed by atoms with van der Waals surface area (Å²) in [6.07, 6.45) is 0. The van der Waals surface area contributed by atoms with Gasteiger partial charge in [-0.3, -0.25) is 0 Å². The van der Waals surface area contributed by atoms with Crippen LogP contribution < -0.4 is 10.6 Å². The molecule has 0 unspecified atom stereocenters. The Hall–Kier alpha value is -1.46. The lowest BCUT2D eigenvalue weighted by molar-refractivity contribution is -0.133. The standard InChI is InChI=1S/C15H21ClN2O3/c1-14(2)7-18(8-15(3,4)21-14)12-10(13(19)20)5-9(17)6-11(12)16/h5-6H,7-8,17H2,1-4H3,(H,19,20).